The normalized spacial score (nSPS) is 41.1. The molecule has 0 nitrogen and oxygen atoms in total. The van der Waals surface area contributed by atoms with E-state index in [0.29, 0.717) is 25.2 Å². The van der Waals surface area contributed by atoms with Crippen molar-refractivity contribution < 1.29 is 17.6 Å². The molecule has 76 valence electrons. The average Bonchev–Trinajstić information content (AvgIpc) is 2.60. The van der Waals surface area contributed by atoms with Gasteiger partial charge < -0.3 is 0 Å². The average molecular weight is 196 g/mol. The number of halogens is 4. The van der Waals surface area contributed by atoms with Crippen molar-refractivity contribution in [1.29, 1.82) is 0 Å². The summed E-state index contributed by atoms with van der Waals surface area (Å²) >= 11 is 0. The van der Waals surface area contributed by atoms with Gasteiger partial charge in [0.05, 0.1) is 0 Å². The van der Waals surface area contributed by atoms with Crippen LogP contribution in [-0.2, 0) is 0 Å². The van der Waals surface area contributed by atoms with Gasteiger partial charge in [-0.3, -0.25) is 0 Å². The van der Waals surface area contributed by atoms with Gasteiger partial charge in [0, 0.05) is 5.41 Å². The molecule has 13 heavy (non-hydrogen) atoms. The summed E-state index contributed by atoms with van der Waals surface area (Å²) in [5, 5.41) is 0. The second kappa shape index (κ2) is 2.61. The van der Waals surface area contributed by atoms with Crippen molar-refractivity contribution in [2.45, 2.75) is 44.5 Å². The molecule has 0 N–H and O–H groups in total. The molecule has 0 amide bonds. The lowest BCUT2D eigenvalue weighted by Gasteiger charge is -2.31. The number of rotatable bonds is 1. The van der Waals surface area contributed by atoms with Crippen LogP contribution in [0.15, 0.2) is 0 Å². The number of fused-ring (bicyclic) bond motifs is 2. The molecule has 0 spiro atoms. The minimum absolute atomic E-state index is 0.362. The third kappa shape index (κ3) is 1.34. The molecule has 2 saturated carbocycles. The molecule has 0 aromatic rings. The Labute approximate surface area is 74.3 Å². The fourth-order valence-corrected chi connectivity index (χ4v) is 2.94. The van der Waals surface area contributed by atoms with Gasteiger partial charge in [-0.15, -0.1) is 0 Å². The van der Waals surface area contributed by atoms with Gasteiger partial charge in [-0.2, -0.15) is 13.2 Å². The molecule has 0 saturated heterocycles. The summed E-state index contributed by atoms with van der Waals surface area (Å²) in [7, 11) is 0. The lowest BCUT2D eigenvalue weighted by atomic mass is 9.79. The van der Waals surface area contributed by atoms with E-state index in [1.165, 1.54) is 0 Å². The summed E-state index contributed by atoms with van der Waals surface area (Å²) in [4.78, 5) is 0. The van der Waals surface area contributed by atoms with Crippen LogP contribution in [0.4, 0.5) is 17.6 Å². The van der Waals surface area contributed by atoms with Crippen molar-refractivity contribution in [1.82, 2.24) is 0 Å². The van der Waals surface area contributed by atoms with Crippen LogP contribution in [0, 0.1) is 11.3 Å². The van der Waals surface area contributed by atoms with Crippen molar-refractivity contribution in [3.8, 4) is 0 Å². The maximum absolute atomic E-state index is 13.2. The van der Waals surface area contributed by atoms with E-state index in [2.05, 4.69) is 0 Å². The summed E-state index contributed by atoms with van der Waals surface area (Å²) < 4.78 is 49.7. The molecule has 2 aliphatic carbocycles. The van der Waals surface area contributed by atoms with Crippen LogP contribution in [0.5, 0.6) is 0 Å². The topological polar surface area (TPSA) is 0 Å². The third-order valence-corrected chi connectivity index (χ3v) is 3.62. The Morgan fingerprint density at radius 3 is 2.00 bits per heavy atom. The molecular formula is C9H12F4. The minimum atomic E-state index is -4.65. The van der Waals surface area contributed by atoms with Crippen molar-refractivity contribution >= 4 is 0 Å². The predicted molar refractivity (Wildman–Crippen MR) is 40.0 cm³/mol. The quantitative estimate of drug-likeness (QED) is 0.563. The zero-order chi connectivity index (χ0) is 9.69. The van der Waals surface area contributed by atoms with Gasteiger partial charge in [0.1, 0.15) is 0 Å². The second-order valence-corrected chi connectivity index (χ2v) is 4.41. The van der Waals surface area contributed by atoms with Crippen LogP contribution in [0.2, 0.25) is 0 Å². The Bertz CT molecular complexity index is 200. The SMILES string of the molecule is FC(C(F)(F)F)C12CCC(CC1)C2. The van der Waals surface area contributed by atoms with Crippen molar-refractivity contribution in [3.63, 3.8) is 0 Å². The predicted octanol–water partition coefficient (Wildman–Crippen LogP) is 3.47. The first-order valence-electron chi connectivity index (χ1n) is 4.65. The van der Waals surface area contributed by atoms with Gasteiger partial charge in [0.2, 0.25) is 6.17 Å². The molecule has 2 fully saturated rings. The van der Waals surface area contributed by atoms with Crippen LogP contribution in [-0.4, -0.2) is 12.3 Å². The van der Waals surface area contributed by atoms with Gasteiger partial charge in [0.25, 0.3) is 0 Å². The Balaban J connectivity index is 2.15. The van der Waals surface area contributed by atoms with Gasteiger partial charge >= 0.3 is 6.18 Å². The fourth-order valence-electron chi connectivity index (χ4n) is 2.94. The zero-order valence-corrected chi connectivity index (χ0v) is 7.20. The molecule has 2 aliphatic rings. The molecule has 0 aromatic heterocycles. The lowest BCUT2D eigenvalue weighted by Crippen LogP contribution is -2.39. The highest BCUT2D eigenvalue weighted by atomic mass is 19.4. The van der Waals surface area contributed by atoms with Crippen molar-refractivity contribution in [3.05, 3.63) is 0 Å². The molecule has 2 rings (SSSR count). The fraction of sp³-hybridized carbons (Fsp3) is 1.00. The van der Waals surface area contributed by atoms with E-state index >= 15 is 0 Å². The van der Waals surface area contributed by atoms with Crippen LogP contribution in [0.25, 0.3) is 0 Å². The van der Waals surface area contributed by atoms with Crippen molar-refractivity contribution in [2.24, 2.45) is 11.3 Å². The molecule has 0 aromatic carbocycles. The van der Waals surface area contributed by atoms with E-state index in [9.17, 15) is 17.6 Å². The molecule has 4 heteroatoms. The summed E-state index contributed by atoms with van der Waals surface area (Å²) in [6, 6.07) is 0. The van der Waals surface area contributed by atoms with E-state index < -0.39 is 17.8 Å². The molecule has 0 aliphatic heterocycles. The highest BCUT2D eigenvalue weighted by Gasteiger charge is 2.59. The molecule has 2 bridgehead atoms. The lowest BCUT2D eigenvalue weighted by molar-refractivity contribution is -0.212. The van der Waals surface area contributed by atoms with E-state index in [4.69, 9.17) is 0 Å². The summed E-state index contributed by atoms with van der Waals surface area (Å²) in [6.07, 6.45) is -4.36. The van der Waals surface area contributed by atoms with E-state index in [1.807, 2.05) is 0 Å². The number of hydrogen-bond donors (Lipinski definition) is 0. The third-order valence-electron chi connectivity index (χ3n) is 3.62. The van der Waals surface area contributed by atoms with Crippen LogP contribution < -0.4 is 0 Å². The first-order valence-corrected chi connectivity index (χ1v) is 4.65. The largest absolute Gasteiger partial charge is 0.420 e. The smallest absolute Gasteiger partial charge is 0.237 e. The Morgan fingerprint density at radius 2 is 1.69 bits per heavy atom. The Morgan fingerprint density at radius 1 is 1.15 bits per heavy atom. The molecule has 1 unspecified atom stereocenters. The monoisotopic (exact) mass is 196 g/mol. The zero-order valence-electron chi connectivity index (χ0n) is 7.20. The van der Waals surface area contributed by atoms with Gasteiger partial charge in [-0.1, -0.05) is 0 Å². The van der Waals surface area contributed by atoms with Crippen LogP contribution in [0.3, 0.4) is 0 Å². The maximum Gasteiger partial charge on any atom is 0.420 e. The maximum atomic E-state index is 13.2. The van der Waals surface area contributed by atoms with Gasteiger partial charge in [-0.05, 0) is 38.0 Å². The highest BCUT2D eigenvalue weighted by Crippen LogP contribution is 2.59. The summed E-state index contributed by atoms with van der Waals surface area (Å²) in [5.41, 5.74) is -1.04. The van der Waals surface area contributed by atoms with Gasteiger partial charge in [-0.25, -0.2) is 4.39 Å². The molecule has 0 radical (unpaired) electrons. The number of hydrogen-bond acceptors (Lipinski definition) is 0. The standard InChI is InChI=1S/C9H12F4/c10-7(9(11,12)13)8-3-1-6(5-8)2-4-8/h6-7H,1-5H2. The first kappa shape index (κ1) is 9.28. The van der Waals surface area contributed by atoms with Crippen LogP contribution in [0.1, 0.15) is 32.1 Å². The van der Waals surface area contributed by atoms with Gasteiger partial charge in [0.15, 0.2) is 0 Å². The first-order chi connectivity index (χ1) is 5.94. The van der Waals surface area contributed by atoms with E-state index in [1.54, 1.807) is 0 Å². The second-order valence-electron chi connectivity index (χ2n) is 4.41. The van der Waals surface area contributed by atoms with E-state index in [0.717, 1.165) is 12.8 Å². The highest BCUT2D eigenvalue weighted by molar-refractivity contribution is 5.02. The number of alkyl halides is 4. The summed E-state index contributed by atoms with van der Waals surface area (Å²) in [6.45, 7) is 0. The summed E-state index contributed by atoms with van der Waals surface area (Å²) in [5.74, 6) is 0.362. The Kier molecular flexibility index (Phi) is 1.86. The van der Waals surface area contributed by atoms with Crippen molar-refractivity contribution in [2.75, 3.05) is 0 Å². The molecule has 1 atom stereocenters. The van der Waals surface area contributed by atoms with E-state index in [-0.39, 0.29) is 0 Å². The van der Waals surface area contributed by atoms with Crippen LogP contribution >= 0.6 is 0 Å². The minimum Gasteiger partial charge on any atom is -0.237 e. The molecule has 0 heterocycles. The Hall–Kier alpha value is -0.280. The molecular weight excluding hydrogens is 184 g/mol.